The van der Waals surface area contributed by atoms with E-state index in [9.17, 15) is 4.79 Å². The Balaban J connectivity index is 3.52. The van der Waals surface area contributed by atoms with E-state index in [2.05, 4.69) is 57.1 Å². The van der Waals surface area contributed by atoms with Gasteiger partial charge in [0.05, 0.1) is 0 Å². The molecule has 0 aliphatic heterocycles. The van der Waals surface area contributed by atoms with E-state index in [0.717, 1.165) is 45.3 Å². The van der Waals surface area contributed by atoms with Crippen LogP contribution in [0.5, 0.6) is 0 Å². The molecule has 3 heteroatoms. The Morgan fingerprint density at radius 2 is 1.32 bits per heavy atom. The zero-order valence-corrected chi connectivity index (χ0v) is 19.4. The number of rotatable bonds is 19. The molecule has 0 rings (SSSR count). The Morgan fingerprint density at radius 3 is 1.93 bits per heavy atom. The first-order valence-corrected chi connectivity index (χ1v) is 11.8. The highest BCUT2D eigenvalue weighted by atomic mass is 16.2. The summed E-state index contributed by atoms with van der Waals surface area (Å²) in [7, 11) is 4.17. The minimum absolute atomic E-state index is 0.340. The first kappa shape index (κ1) is 26.9. The van der Waals surface area contributed by atoms with Gasteiger partial charge in [-0.1, -0.05) is 63.3 Å². The van der Waals surface area contributed by atoms with Crippen LogP contribution in [0.4, 0.5) is 0 Å². The maximum absolute atomic E-state index is 12.3. The number of amides is 1. The second-order valence-electron chi connectivity index (χ2n) is 8.11. The lowest BCUT2D eigenvalue weighted by Gasteiger charge is -2.22. The molecule has 0 aliphatic rings. The number of carbonyl (C=O) groups is 1. The van der Waals surface area contributed by atoms with E-state index < -0.39 is 0 Å². The maximum Gasteiger partial charge on any atom is 0.222 e. The van der Waals surface area contributed by atoms with E-state index in [1.807, 2.05) is 4.90 Å². The van der Waals surface area contributed by atoms with Gasteiger partial charge in [-0.2, -0.15) is 0 Å². The van der Waals surface area contributed by atoms with Crippen molar-refractivity contribution < 1.29 is 4.79 Å². The summed E-state index contributed by atoms with van der Waals surface area (Å²) < 4.78 is 0. The van der Waals surface area contributed by atoms with Crippen LogP contribution in [0.15, 0.2) is 24.3 Å². The third kappa shape index (κ3) is 18.3. The lowest BCUT2D eigenvalue weighted by Crippen LogP contribution is -2.33. The minimum atomic E-state index is 0.340. The fourth-order valence-electron chi connectivity index (χ4n) is 3.28. The summed E-state index contributed by atoms with van der Waals surface area (Å²) >= 11 is 0. The number of allylic oxidation sites excluding steroid dienone is 4. The molecule has 0 saturated carbocycles. The number of nitrogens with zero attached hydrogens (tertiary/aromatic N) is 2. The van der Waals surface area contributed by atoms with E-state index in [4.69, 9.17) is 0 Å². The predicted molar refractivity (Wildman–Crippen MR) is 125 cm³/mol. The highest BCUT2D eigenvalue weighted by Gasteiger charge is 2.10. The van der Waals surface area contributed by atoms with E-state index in [1.165, 1.54) is 57.8 Å². The lowest BCUT2D eigenvalue weighted by molar-refractivity contribution is -0.131. The number of hydrogen-bond donors (Lipinski definition) is 0. The minimum Gasteiger partial charge on any atom is -0.343 e. The van der Waals surface area contributed by atoms with Crippen LogP contribution in [0.3, 0.4) is 0 Å². The Hall–Kier alpha value is -1.09. The summed E-state index contributed by atoms with van der Waals surface area (Å²) in [5.74, 6) is 0.340. The summed E-state index contributed by atoms with van der Waals surface area (Å²) in [6, 6.07) is 0. The number of hydrogen-bond acceptors (Lipinski definition) is 2. The van der Waals surface area contributed by atoms with E-state index in [-0.39, 0.29) is 0 Å². The van der Waals surface area contributed by atoms with Crippen molar-refractivity contribution in [2.24, 2.45) is 0 Å². The van der Waals surface area contributed by atoms with E-state index in [0.29, 0.717) is 5.91 Å². The van der Waals surface area contributed by atoms with Gasteiger partial charge in [0.25, 0.3) is 0 Å². The fraction of sp³-hybridized carbons (Fsp3) is 0.800. The van der Waals surface area contributed by atoms with E-state index in [1.54, 1.807) is 0 Å². The van der Waals surface area contributed by atoms with Crippen LogP contribution in [-0.2, 0) is 4.79 Å². The van der Waals surface area contributed by atoms with Crippen LogP contribution in [0.2, 0.25) is 0 Å². The molecule has 0 aliphatic carbocycles. The average molecular weight is 393 g/mol. The van der Waals surface area contributed by atoms with Crippen molar-refractivity contribution in [2.45, 2.75) is 97.3 Å². The van der Waals surface area contributed by atoms with Gasteiger partial charge in [-0.3, -0.25) is 4.79 Å². The molecule has 3 nitrogen and oxygen atoms in total. The standard InChI is InChI=1S/C25H48N2O/c1-5-7-8-9-10-11-12-13-14-15-16-17-18-19-20-22-25(28)27(6-2)24-21-23-26(3)4/h10-11,13-14H,5-9,12,15-24H2,1-4H3/b11-10-,14-13-. The molecule has 0 saturated heterocycles. The van der Waals surface area contributed by atoms with Crippen LogP contribution in [0.25, 0.3) is 0 Å². The predicted octanol–water partition coefficient (Wildman–Crippen LogP) is 6.60. The summed E-state index contributed by atoms with van der Waals surface area (Å²) in [4.78, 5) is 16.5. The first-order valence-electron chi connectivity index (χ1n) is 11.8. The highest BCUT2D eigenvalue weighted by Crippen LogP contribution is 2.09. The molecule has 0 aromatic rings. The number of unbranched alkanes of at least 4 members (excludes halogenated alkanes) is 8. The van der Waals surface area contributed by atoms with Crippen molar-refractivity contribution in [1.82, 2.24) is 9.80 Å². The summed E-state index contributed by atoms with van der Waals surface area (Å²) in [6.45, 7) is 7.12. The summed E-state index contributed by atoms with van der Waals surface area (Å²) in [6.07, 6.45) is 24.6. The summed E-state index contributed by atoms with van der Waals surface area (Å²) in [5.41, 5.74) is 0. The molecule has 0 N–H and O–H groups in total. The van der Waals surface area contributed by atoms with Crippen molar-refractivity contribution in [2.75, 3.05) is 33.7 Å². The van der Waals surface area contributed by atoms with Gasteiger partial charge in [-0.15, -0.1) is 0 Å². The molecular formula is C25H48N2O. The Labute approximate surface area is 176 Å². The fourth-order valence-corrected chi connectivity index (χ4v) is 3.28. The molecular weight excluding hydrogens is 344 g/mol. The lowest BCUT2D eigenvalue weighted by atomic mass is 10.1. The normalized spacial score (nSPS) is 11.9. The van der Waals surface area contributed by atoms with Crippen LogP contribution in [0.1, 0.15) is 97.3 Å². The third-order valence-electron chi connectivity index (χ3n) is 5.11. The third-order valence-corrected chi connectivity index (χ3v) is 5.11. The van der Waals surface area contributed by atoms with Gasteiger partial charge in [0.1, 0.15) is 0 Å². The van der Waals surface area contributed by atoms with Crippen LogP contribution in [0, 0.1) is 0 Å². The van der Waals surface area contributed by atoms with Gasteiger partial charge >= 0.3 is 0 Å². The van der Waals surface area contributed by atoms with Gasteiger partial charge < -0.3 is 9.80 Å². The van der Waals surface area contributed by atoms with Crippen LogP contribution in [-0.4, -0.2) is 49.4 Å². The molecule has 0 radical (unpaired) electrons. The van der Waals surface area contributed by atoms with Crippen LogP contribution >= 0.6 is 0 Å². The summed E-state index contributed by atoms with van der Waals surface area (Å²) in [5, 5.41) is 0. The van der Waals surface area contributed by atoms with Crippen molar-refractivity contribution in [3.63, 3.8) is 0 Å². The molecule has 28 heavy (non-hydrogen) atoms. The zero-order chi connectivity index (χ0) is 20.9. The highest BCUT2D eigenvalue weighted by molar-refractivity contribution is 5.76. The smallest absolute Gasteiger partial charge is 0.222 e. The van der Waals surface area contributed by atoms with Crippen LogP contribution < -0.4 is 0 Å². The zero-order valence-electron chi connectivity index (χ0n) is 19.4. The second kappa shape index (κ2) is 20.6. The molecule has 0 spiro atoms. The van der Waals surface area contributed by atoms with Crippen molar-refractivity contribution in [1.29, 1.82) is 0 Å². The molecule has 164 valence electrons. The van der Waals surface area contributed by atoms with Gasteiger partial charge in [0, 0.05) is 19.5 Å². The van der Waals surface area contributed by atoms with Crippen molar-refractivity contribution in [3.05, 3.63) is 24.3 Å². The molecule has 0 aromatic carbocycles. The average Bonchev–Trinajstić information content (AvgIpc) is 2.67. The van der Waals surface area contributed by atoms with Crippen molar-refractivity contribution in [3.8, 4) is 0 Å². The second-order valence-corrected chi connectivity index (χ2v) is 8.11. The molecule has 0 atom stereocenters. The SMILES string of the molecule is CCCCC/C=C\C/C=C\CCCCCCCC(=O)N(CC)CCCN(C)C. The Kier molecular flexibility index (Phi) is 19.8. The topological polar surface area (TPSA) is 23.6 Å². The maximum atomic E-state index is 12.3. The quantitative estimate of drug-likeness (QED) is 0.183. The molecule has 1 amide bonds. The van der Waals surface area contributed by atoms with Gasteiger partial charge in [0.2, 0.25) is 5.91 Å². The van der Waals surface area contributed by atoms with Crippen molar-refractivity contribution >= 4 is 5.91 Å². The molecule has 0 aromatic heterocycles. The molecule has 0 bridgehead atoms. The molecule has 0 heterocycles. The van der Waals surface area contributed by atoms with E-state index >= 15 is 0 Å². The Morgan fingerprint density at radius 1 is 0.714 bits per heavy atom. The largest absolute Gasteiger partial charge is 0.343 e. The molecule has 0 unspecified atom stereocenters. The molecule has 0 fully saturated rings. The Bertz CT molecular complexity index is 401. The monoisotopic (exact) mass is 392 g/mol. The van der Waals surface area contributed by atoms with Gasteiger partial charge in [-0.25, -0.2) is 0 Å². The number of carbonyl (C=O) groups excluding carboxylic acids is 1. The van der Waals surface area contributed by atoms with Gasteiger partial charge in [-0.05, 0) is 72.5 Å². The van der Waals surface area contributed by atoms with Gasteiger partial charge in [0.15, 0.2) is 0 Å². The first-order chi connectivity index (χ1) is 13.6.